The van der Waals surface area contributed by atoms with Gasteiger partial charge in [-0.2, -0.15) is 0 Å². The van der Waals surface area contributed by atoms with Crippen LogP contribution in [-0.2, 0) is 6.54 Å². The van der Waals surface area contributed by atoms with Gasteiger partial charge in [-0.25, -0.2) is 4.68 Å². The fraction of sp³-hybridized carbons (Fsp3) is 0.286. The highest BCUT2D eigenvalue weighted by Gasteiger charge is 2.11. The maximum atomic E-state index is 11.7. The van der Waals surface area contributed by atoms with E-state index >= 15 is 0 Å². The van der Waals surface area contributed by atoms with Gasteiger partial charge < -0.3 is 9.84 Å². The molecule has 0 aliphatic heterocycles. The molecule has 1 unspecified atom stereocenters. The number of methoxy groups -OCH3 is 1. The Morgan fingerprint density at radius 1 is 1.37 bits per heavy atom. The average molecular weight is 260 g/mol. The van der Waals surface area contributed by atoms with Gasteiger partial charge >= 0.3 is 0 Å². The van der Waals surface area contributed by atoms with Crippen LogP contribution in [0.4, 0.5) is 0 Å². The molecule has 0 amide bonds. The van der Waals surface area contributed by atoms with E-state index in [9.17, 15) is 9.90 Å². The first-order valence-corrected chi connectivity index (χ1v) is 5.97. The molecule has 0 bridgehead atoms. The lowest BCUT2D eigenvalue weighted by atomic mass is 10.1. The van der Waals surface area contributed by atoms with Gasteiger partial charge in [-0.05, 0) is 12.5 Å². The Hall–Kier alpha value is -2.14. The summed E-state index contributed by atoms with van der Waals surface area (Å²) in [5.41, 5.74) is 1.55. The van der Waals surface area contributed by atoms with Crippen LogP contribution in [0.15, 0.2) is 41.2 Å². The summed E-state index contributed by atoms with van der Waals surface area (Å²) < 4.78 is 6.16. The van der Waals surface area contributed by atoms with Crippen LogP contribution < -0.4 is 10.3 Å². The summed E-state index contributed by atoms with van der Waals surface area (Å²) in [6, 6.07) is 10.4. The monoisotopic (exact) mass is 260 g/mol. The molecule has 0 saturated heterocycles. The van der Waals surface area contributed by atoms with Gasteiger partial charge in [-0.3, -0.25) is 4.79 Å². The van der Waals surface area contributed by atoms with Crippen LogP contribution in [0.5, 0.6) is 5.88 Å². The Morgan fingerprint density at radius 3 is 2.84 bits per heavy atom. The highest BCUT2D eigenvalue weighted by Crippen LogP contribution is 2.15. The number of benzene rings is 1. The number of ether oxygens (including phenoxy) is 1. The average Bonchev–Trinajstić information content (AvgIpc) is 2.41. The lowest BCUT2D eigenvalue weighted by Gasteiger charge is -2.13. The molecule has 5 heteroatoms. The number of aryl methyl sites for hydroxylation is 1. The molecule has 2 rings (SSSR count). The van der Waals surface area contributed by atoms with Gasteiger partial charge in [0, 0.05) is 12.1 Å². The molecule has 100 valence electrons. The number of rotatable bonds is 4. The van der Waals surface area contributed by atoms with Gasteiger partial charge in [0.2, 0.25) is 5.88 Å². The van der Waals surface area contributed by atoms with Gasteiger partial charge in [0.05, 0.1) is 19.8 Å². The summed E-state index contributed by atoms with van der Waals surface area (Å²) in [6.07, 6.45) is -0.780. The summed E-state index contributed by atoms with van der Waals surface area (Å²) in [5, 5.41) is 14.1. The first-order chi connectivity index (χ1) is 9.10. The van der Waals surface area contributed by atoms with E-state index in [4.69, 9.17) is 4.74 Å². The number of hydrogen-bond acceptors (Lipinski definition) is 4. The minimum Gasteiger partial charge on any atom is -0.480 e. The van der Waals surface area contributed by atoms with Crippen molar-refractivity contribution in [2.75, 3.05) is 7.11 Å². The zero-order valence-electron chi connectivity index (χ0n) is 10.9. The normalized spacial score (nSPS) is 12.2. The lowest BCUT2D eigenvalue weighted by molar-refractivity contribution is 0.148. The summed E-state index contributed by atoms with van der Waals surface area (Å²) >= 11 is 0. The number of aromatic nitrogens is 2. The number of nitrogens with zero attached hydrogens (tertiary/aromatic N) is 2. The van der Waals surface area contributed by atoms with E-state index in [1.54, 1.807) is 0 Å². The van der Waals surface area contributed by atoms with E-state index in [0.717, 1.165) is 11.1 Å². The highest BCUT2D eigenvalue weighted by molar-refractivity contribution is 5.24. The van der Waals surface area contributed by atoms with Crippen LogP contribution in [-0.4, -0.2) is 22.0 Å². The molecule has 5 nitrogen and oxygen atoms in total. The van der Waals surface area contributed by atoms with E-state index in [1.165, 1.54) is 23.9 Å². The molecule has 0 fully saturated rings. The van der Waals surface area contributed by atoms with Crippen LogP contribution in [0, 0.1) is 6.92 Å². The Balaban J connectivity index is 2.23. The maximum absolute atomic E-state index is 11.7. The Kier molecular flexibility index (Phi) is 3.97. The quantitative estimate of drug-likeness (QED) is 0.899. The summed E-state index contributed by atoms with van der Waals surface area (Å²) in [5.74, 6) is 0.344. The molecule has 0 spiro atoms. The zero-order valence-corrected chi connectivity index (χ0v) is 10.9. The fourth-order valence-electron chi connectivity index (χ4n) is 1.82. The van der Waals surface area contributed by atoms with Crippen molar-refractivity contribution in [2.45, 2.75) is 19.6 Å². The second-order valence-electron chi connectivity index (χ2n) is 4.33. The molecule has 1 heterocycles. The van der Waals surface area contributed by atoms with Crippen molar-refractivity contribution in [3.8, 4) is 5.88 Å². The summed E-state index contributed by atoms with van der Waals surface area (Å²) in [7, 11) is 1.48. The summed E-state index contributed by atoms with van der Waals surface area (Å²) in [4.78, 5) is 11.7. The van der Waals surface area contributed by atoms with Crippen LogP contribution in [0.25, 0.3) is 0 Å². The lowest BCUT2D eigenvalue weighted by Crippen LogP contribution is -2.25. The van der Waals surface area contributed by atoms with E-state index in [2.05, 4.69) is 5.10 Å². The molecule has 1 aromatic carbocycles. The van der Waals surface area contributed by atoms with E-state index in [0.29, 0.717) is 5.88 Å². The third-order valence-electron chi connectivity index (χ3n) is 2.82. The molecule has 0 aliphatic carbocycles. The number of aliphatic hydroxyl groups excluding tert-OH is 1. The molecule has 1 aromatic heterocycles. The van der Waals surface area contributed by atoms with Crippen LogP contribution in [0.1, 0.15) is 17.2 Å². The van der Waals surface area contributed by atoms with E-state index < -0.39 is 6.10 Å². The van der Waals surface area contributed by atoms with Crippen molar-refractivity contribution in [1.82, 2.24) is 9.78 Å². The zero-order chi connectivity index (χ0) is 13.8. The Morgan fingerprint density at radius 2 is 2.16 bits per heavy atom. The Bertz CT molecular complexity index is 622. The molecule has 1 N–H and O–H groups in total. The highest BCUT2D eigenvalue weighted by atomic mass is 16.5. The molecule has 2 aromatic rings. The first-order valence-electron chi connectivity index (χ1n) is 5.97. The largest absolute Gasteiger partial charge is 0.480 e. The third kappa shape index (κ3) is 3.20. The van der Waals surface area contributed by atoms with Gasteiger partial charge in [-0.1, -0.05) is 29.8 Å². The fourth-order valence-corrected chi connectivity index (χ4v) is 1.82. The van der Waals surface area contributed by atoms with Crippen molar-refractivity contribution in [1.29, 1.82) is 0 Å². The minimum absolute atomic E-state index is 0.0967. The minimum atomic E-state index is -0.780. The SMILES string of the molecule is COc1ccc(=O)n(CC(O)c2cccc(C)c2)n1. The van der Waals surface area contributed by atoms with E-state index in [-0.39, 0.29) is 12.1 Å². The van der Waals surface area contributed by atoms with Crippen molar-refractivity contribution in [3.05, 3.63) is 57.9 Å². The Labute approximate surface area is 111 Å². The van der Waals surface area contributed by atoms with Gasteiger partial charge in [0.1, 0.15) is 0 Å². The van der Waals surface area contributed by atoms with Crippen LogP contribution in [0.3, 0.4) is 0 Å². The molecule has 0 saturated carbocycles. The third-order valence-corrected chi connectivity index (χ3v) is 2.82. The van der Waals surface area contributed by atoms with Crippen LogP contribution in [0.2, 0.25) is 0 Å². The van der Waals surface area contributed by atoms with Gasteiger partial charge in [0.15, 0.2) is 0 Å². The molecule has 1 atom stereocenters. The van der Waals surface area contributed by atoms with Gasteiger partial charge in [0.25, 0.3) is 5.56 Å². The van der Waals surface area contributed by atoms with Crippen molar-refractivity contribution >= 4 is 0 Å². The van der Waals surface area contributed by atoms with Crippen molar-refractivity contribution in [3.63, 3.8) is 0 Å². The van der Waals surface area contributed by atoms with Gasteiger partial charge in [-0.15, -0.1) is 5.10 Å². The standard InChI is InChI=1S/C14H16N2O3/c1-10-4-3-5-11(8-10)12(17)9-16-14(18)7-6-13(15-16)19-2/h3-8,12,17H,9H2,1-2H3. The van der Waals surface area contributed by atoms with Crippen LogP contribution >= 0.6 is 0 Å². The smallest absolute Gasteiger partial charge is 0.267 e. The van der Waals surface area contributed by atoms with E-state index in [1.807, 2.05) is 31.2 Å². The summed E-state index contributed by atoms with van der Waals surface area (Å²) in [6.45, 7) is 2.05. The topological polar surface area (TPSA) is 64.3 Å². The second kappa shape index (κ2) is 5.67. The maximum Gasteiger partial charge on any atom is 0.267 e. The molecular formula is C14H16N2O3. The predicted octanol–water partition coefficient (Wildman–Crippen LogP) is 1.29. The molecule has 19 heavy (non-hydrogen) atoms. The second-order valence-corrected chi connectivity index (χ2v) is 4.33. The van der Waals surface area contributed by atoms with Crippen molar-refractivity contribution in [2.24, 2.45) is 0 Å². The molecular weight excluding hydrogens is 244 g/mol. The molecule has 0 radical (unpaired) electrons. The molecule has 0 aliphatic rings. The number of hydrogen-bond donors (Lipinski definition) is 1. The van der Waals surface area contributed by atoms with Crippen molar-refractivity contribution < 1.29 is 9.84 Å². The number of aliphatic hydroxyl groups is 1. The first kappa shape index (κ1) is 13.3. The predicted molar refractivity (Wildman–Crippen MR) is 71.2 cm³/mol.